The molecule has 0 aliphatic carbocycles. The predicted octanol–water partition coefficient (Wildman–Crippen LogP) is 2.10. The zero-order chi connectivity index (χ0) is 21.5. The molecule has 0 saturated carbocycles. The van der Waals surface area contributed by atoms with E-state index in [1.807, 2.05) is 0 Å². The van der Waals surface area contributed by atoms with Crippen LogP contribution < -0.4 is 15.8 Å². The molecule has 1 saturated heterocycles. The van der Waals surface area contributed by atoms with Crippen molar-refractivity contribution in [2.24, 2.45) is 0 Å². The molecule has 2 aromatic rings. The van der Waals surface area contributed by atoms with Gasteiger partial charge >= 0.3 is 0 Å². The van der Waals surface area contributed by atoms with Crippen molar-refractivity contribution in [1.29, 1.82) is 0 Å². The van der Waals surface area contributed by atoms with Crippen molar-refractivity contribution in [2.75, 3.05) is 11.4 Å². The van der Waals surface area contributed by atoms with Gasteiger partial charge in [0.25, 0.3) is 17.7 Å². The lowest BCUT2D eigenvalue weighted by Gasteiger charge is -2.48. The fourth-order valence-corrected chi connectivity index (χ4v) is 4.19. The SMILES string of the molecule is CC12CCC(=O)N1c1ccccc1C(=O)N2CC(=O)NNC(=O)c1ccccc1Cl. The Balaban J connectivity index is 1.52. The Bertz CT molecular complexity index is 1070. The maximum absolute atomic E-state index is 13.1. The smallest absolute Gasteiger partial charge is 0.271 e. The predicted molar refractivity (Wildman–Crippen MR) is 110 cm³/mol. The maximum Gasteiger partial charge on any atom is 0.271 e. The van der Waals surface area contributed by atoms with Crippen LogP contribution in [0.25, 0.3) is 0 Å². The van der Waals surface area contributed by atoms with Crippen molar-refractivity contribution in [3.05, 3.63) is 64.7 Å². The Morgan fingerprint density at radius 2 is 1.77 bits per heavy atom. The highest BCUT2D eigenvalue weighted by Crippen LogP contribution is 2.43. The first-order valence-corrected chi connectivity index (χ1v) is 9.78. The summed E-state index contributed by atoms with van der Waals surface area (Å²) in [4.78, 5) is 53.4. The Morgan fingerprint density at radius 1 is 1.07 bits per heavy atom. The minimum absolute atomic E-state index is 0.102. The third-order valence-corrected chi connectivity index (χ3v) is 5.81. The van der Waals surface area contributed by atoms with Crippen LogP contribution in [0.15, 0.2) is 48.5 Å². The molecule has 0 bridgehead atoms. The zero-order valence-electron chi connectivity index (χ0n) is 16.1. The van der Waals surface area contributed by atoms with Crippen LogP contribution in [0.5, 0.6) is 0 Å². The molecule has 0 spiro atoms. The number of anilines is 1. The van der Waals surface area contributed by atoms with Crippen LogP contribution in [0.1, 0.15) is 40.5 Å². The maximum atomic E-state index is 13.1. The second-order valence-corrected chi connectivity index (χ2v) is 7.74. The Hall–Kier alpha value is -3.39. The molecule has 4 rings (SSSR count). The number of rotatable bonds is 3. The van der Waals surface area contributed by atoms with Gasteiger partial charge in [-0.05, 0) is 37.6 Å². The highest BCUT2D eigenvalue weighted by molar-refractivity contribution is 6.33. The monoisotopic (exact) mass is 426 g/mol. The second-order valence-electron chi connectivity index (χ2n) is 7.34. The summed E-state index contributed by atoms with van der Waals surface area (Å²) < 4.78 is 0. The summed E-state index contributed by atoms with van der Waals surface area (Å²) in [6.45, 7) is 1.44. The quantitative estimate of drug-likeness (QED) is 0.734. The van der Waals surface area contributed by atoms with Gasteiger partial charge in [-0.1, -0.05) is 35.9 Å². The number of nitrogens with one attached hydrogen (secondary N) is 2. The molecule has 8 nitrogen and oxygen atoms in total. The molecule has 2 aliphatic rings. The van der Waals surface area contributed by atoms with E-state index < -0.39 is 17.5 Å². The number of nitrogens with zero attached hydrogens (tertiary/aromatic N) is 2. The van der Waals surface area contributed by atoms with Crippen LogP contribution in [-0.4, -0.2) is 40.7 Å². The topological polar surface area (TPSA) is 98.8 Å². The highest BCUT2D eigenvalue weighted by Gasteiger charge is 2.53. The first-order valence-electron chi connectivity index (χ1n) is 9.41. The fraction of sp³-hybridized carbons (Fsp3) is 0.238. The number of benzene rings is 2. The summed E-state index contributed by atoms with van der Waals surface area (Å²) in [6, 6.07) is 13.3. The first kappa shape index (κ1) is 19.9. The number of halogens is 1. The fourth-order valence-electron chi connectivity index (χ4n) is 3.96. The van der Waals surface area contributed by atoms with Crippen LogP contribution in [0.3, 0.4) is 0 Å². The summed E-state index contributed by atoms with van der Waals surface area (Å²) in [5.74, 6) is -1.61. The van der Waals surface area contributed by atoms with Crippen molar-refractivity contribution in [3.8, 4) is 0 Å². The van der Waals surface area contributed by atoms with E-state index in [1.54, 1.807) is 54.3 Å². The molecule has 4 amide bonds. The van der Waals surface area contributed by atoms with Gasteiger partial charge in [-0.3, -0.25) is 34.9 Å². The van der Waals surface area contributed by atoms with E-state index in [0.717, 1.165) is 0 Å². The van der Waals surface area contributed by atoms with Crippen molar-refractivity contribution >= 4 is 40.9 Å². The van der Waals surface area contributed by atoms with Crippen LogP contribution in [0, 0.1) is 0 Å². The largest absolute Gasteiger partial charge is 0.306 e. The molecule has 1 unspecified atom stereocenters. The summed E-state index contributed by atoms with van der Waals surface area (Å²) in [5, 5.41) is 0.250. The number of hydrogen-bond acceptors (Lipinski definition) is 4. The van der Waals surface area contributed by atoms with E-state index in [9.17, 15) is 19.2 Å². The summed E-state index contributed by atoms with van der Waals surface area (Å²) in [6.07, 6.45) is 0.685. The standard InChI is InChI=1S/C21H19ClN4O4/c1-21-11-10-18(28)26(21)16-9-5-3-7-14(16)20(30)25(21)12-17(27)23-24-19(29)13-6-2-4-8-15(13)22/h2-9H,10-12H2,1H3,(H,23,27)(H,24,29). The third kappa shape index (κ3) is 3.19. The lowest BCUT2D eigenvalue weighted by Crippen LogP contribution is -2.64. The Morgan fingerprint density at radius 3 is 2.53 bits per heavy atom. The van der Waals surface area contributed by atoms with Gasteiger partial charge in [-0.15, -0.1) is 0 Å². The number of fused-ring (bicyclic) bond motifs is 3. The highest BCUT2D eigenvalue weighted by atomic mass is 35.5. The van der Waals surface area contributed by atoms with E-state index in [0.29, 0.717) is 17.7 Å². The van der Waals surface area contributed by atoms with Crippen molar-refractivity contribution < 1.29 is 19.2 Å². The van der Waals surface area contributed by atoms with Gasteiger partial charge in [0.05, 0.1) is 21.8 Å². The molecular formula is C21H19ClN4O4. The van der Waals surface area contributed by atoms with Crippen molar-refractivity contribution in [3.63, 3.8) is 0 Å². The summed E-state index contributed by atoms with van der Waals surface area (Å²) in [7, 11) is 0. The zero-order valence-corrected chi connectivity index (χ0v) is 16.9. The normalized spacial score (nSPS) is 19.9. The number of carbonyl (C=O) groups excluding carboxylic acids is 4. The van der Waals surface area contributed by atoms with Gasteiger partial charge in [-0.2, -0.15) is 0 Å². The number of para-hydroxylation sites is 1. The molecule has 9 heteroatoms. The number of hydrogen-bond donors (Lipinski definition) is 2. The lowest BCUT2D eigenvalue weighted by molar-refractivity contribution is -0.124. The molecule has 2 aliphatic heterocycles. The van der Waals surface area contributed by atoms with E-state index in [4.69, 9.17) is 11.6 Å². The molecule has 0 aromatic heterocycles. The molecule has 2 heterocycles. The van der Waals surface area contributed by atoms with E-state index in [2.05, 4.69) is 10.9 Å². The number of amides is 4. The first-order chi connectivity index (χ1) is 14.3. The van der Waals surface area contributed by atoms with Crippen LogP contribution in [-0.2, 0) is 9.59 Å². The van der Waals surface area contributed by atoms with Crippen LogP contribution in [0.2, 0.25) is 5.02 Å². The van der Waals surface area contributed by atoms with Gasteiger partial charge in [0.1, 0.15) is 12.2 Å². The molecule has 154 valence electrons. The van der Waals surface area contributed by atoms with Gasteiger partial charge in [0.15, 0.2) is 0 Å². The van der Waals surface area contributed by atoms with Gasteiger partial charge in [-0.25, -0.2) is 0 Å². The van der Waals surface area contributed by atoms with Gasteiger partial charge in [0, 0.05) is 6.42 Å². The molecule has 2 N–H and O–H groups in total. The summed E-state index contributed by atoms with van der Waals surface area (Å²) in [5.41, 5.74) is 4.79. The average Bonchev–Trinajstić information content (AvgIpc) is 3.05. The lowest BCUT2D eigenvalue weighted by atomic mass is 9.98. The molecule has 1 fully saturated rings. The molecule has 0 radical (unpaired) electrons. The van der Waals surface area contributed by atoms with Crippen molar-refractivity contribution in [2.45, 2.75) is 25.4 Å². The van der Waals surface area contributed by atoms with Gasteiger partial charge < -0.3 is 4.90 Å². The molecule has 1 atom stereocenters. The second kappa shape index (κ2) is 7.46. The third-order valence-electron chi connectivity index (χ3n) is 5.48. The van der Waals surface area contributed by atoms with Crippen LogP contribution >= 0.6 is 11.6 Å². The molecular weight excluding hydrogens is 408 g/mol. The van der Waals surface area contributed by atoms with E-state index in [1.165, 1.54) is 11.0 Å². The minimum atomic E-state index is -0.952. The number of hydrazine groups is 1. The molecule has 30 heavy (non-hydrogen) atoms. The van der Waals surface area contributed by atoms with Crippen molar-refractivity contribution in [1.82, 2.24) is 15.8 Å². The van der Waals surface area contributed by atoms with E-state index in [-0.39, 0.29) is 35.4 Å². The average molecular weight is 427 g/mol. The van der Waals surface area contributed by atoms with E-state index >= 15 is 0 Å². The molecule has 2 aromatic carbocycles. The van der Waals surface area contributed by atoms with Gasteiger partial charge in [0.2, 0.25) is 5.91 Å². The van der Waals surface area contributed by atoms with Crippen LogP contribution in [0.4, 0.5) is 5.69 Å². The number of carbonyl (C=O) groups is 4. The Labute approximate surface area is 177 Å². The minimum Gasteiger partial charge on any atom is -0.306 e. The summed E-state index contributed by atoms with van der Waals surface area (Å²) >= 11 is 5.99. The Kier molecular flexibility index (Phi) is 4.95.